The molecule has 0 saturated carbocycles. The van der Waals surface area contributed by atoms with Gasteiger partial charge in [-0.3, -0.25) is 0 Å². The molecule has 119 heavy (non-hydrogen) atoms. The van der Waals surface area contributed by atoms with E-state index in [1.54, 1.807) is 0 Å². The Morgan fingerprint density at radius 2 is 0.429 bits per heavy atom. The van der Waals surface area contributed by atoms with E-state index in [1.807, 2.05) is 153 Å². The van der Waals surface area contributed by atoms with Crippen LogP contribution in [0.5, 0.6) is 0 Å². The van der Waals surface area contributed by atoms with Gasteiger partial charge in [0, 0.05) is 132 Å². The molecule has 7 heterocycles. The van der Waals surface area contributed by atoms with Crippen molar-refractivity contribution in [2.45, 2.75) is 69.2 Å². The topological polar surface area (TPSA) is 13.1 Å². The third-order valence-corrected chi connectivity index (χ3v) is 28.0. The second-order valence-corrected chi connectivity index (χ2v) is 36.4. The van der Waals surface area contributed by atoms with Gasteiger partial charge in [-0.1, -0.05) is 332 Å². The number of benzene rings is 17. The molecule has 0 N–H and O–H groups in total. The quantitative estimate of drug-likeness (QED) is 0.147. The van der Waals surface area contributed by atoms with E-state index in [0.717, 1.165) is 11.2 Å². The Morgan fingerprint density at radius 1 is 0.151 bits per heavy atom. The van der Waals surface area contributed by atoms with Crippen LogP contribution in [-0.2, 0) is 0 Å². The zero-order chi connectivity index (χ0) is 82.1. The van der Waals surface area contributed by atoms with Crippen molar-refractivity contribution in [2.24, 2.45) is 0 Å². The minimum absolute atomic E-state index is 0.969. The molecule has 7 heteroatoms. The molecule has 0 amide bonds. The molecular weight excluding hydrogens is 1550 g/mol. The van der Waals surface area contributed by atoms with E-state index in [4.69, 9.17) is 4.42 Å². The fraction of sp³-hybridized carbons (Fsp3) is 0.0893. The van der Waals surface area contributed by atoms with Crippen LogP contribution >= 0.6 is 68.0 Å². The zero-order valence-electron chi connectivity index (χ0n) is 68.8. The monoisotopic (exact) mass is 1650 g/mol. The summed E-state index contributed by atoms with van der Waals surface area (Å²) in [6.07, 6.45) is 0. The van der Waals surface area contributed by atoms with Gasteiger partial charge in [0.2, 0.25) is 0 Å². The molecule has 0 saturated heterocycles. The van der Waals surface area contributed by atoms with Crippen LogP contribution in [0.3, 0.4) is 0 Å². The normalized spacial score (nSPS) is 10.8. The van der Waals surface area contributed by atoms with Gasteiger partial charge in [0.1, 0.15) is 11.2 Å². The molecule has 0 aliphatic carbocycles. The molecule has 24 aromatic rings. The van der Waals surface area contributed by atoms with Crippen molar-refractivity contribution >= 4 is 211 Å². The van der Waals surface area contributed by atoms with Crippen molar-refractivity contribution < 1.29 is 4.42 Å². The van der Waals surface area contributed by atoms with Gasteiger partial charge in [-0.2, -0.15) is 0 Å². The van der Waals surface area contributed by atoms with Crippen LogP contribution in [0.25, 0.3) is 143 Å². The first kappa shape index (κ1) is 82.0. The summed E-state index contributed by atoms with van der Waals surface area (Å²) in [6.45, 7) is 21.3. The van der Waals surface area contributed by atoms with Crippen LogP contribution in [0.1, 0.15) is 55.6 Å². The molecule has 17 aromatic carbocycles. The van der Waals surface area contributed by atoms with E-state index in [0.29, 0.717) is 0 Å². The molecule has 0 unspecified atom stereocenters. The highest BCUT2D eigenvalue weighted by Crippen LogP contribution is 2.41. The summed E-state index contributed by atoms with van der Waals surface area (Å²) in [6, 6.07) is 136. The van der Waals surface area contributed by atoms with E-state index >= 15 is 0 Å². The predicted octanol–water partition coefficient (Wildman–Crippen LogP) is 36.1. The average Bonchev–Trinajstić information content (AvgIpc) is 1.70. The molecule has 0 aliphatic heterocycles. The fourth-order valence-electron chi connectivity index (χ4n) is 14.8. The Morgan fingerprint density at radius 3 is 0.874 bits per heavy atom. The third-order valence-electron chi connectivity index (χ3n) is 20.8. The molecule has 1 nitrogen and oxygen atoms in total. The first-order chi connectivity index (χ1) is 58.2. The second kappa shape index (κ2) is 39.0. The maximum Gasteiger partial charge on any atom is 0.135 e. The third kappa shape index (κ3) is 19.8. The molecule has 0 bridgehead atoms. The van der Waals surface area contributed by atoms with E-state index in [-0.39, 0.29) is 0 Å². The predicted molar refractivity (Wildman–Crippen MR) is 536 cm³/mol. The largest absolute Gasteiger partial charge is 0.456 e. The van der Waals surface area contributed by atoms with Gasteiger partial charge in [0.15, 0.2) is 0 Å². The molecule has 584 valence electrons. The summed E-state index contributed by atoms with van der Waals surface area (Å²) in [5, 5.41) is 19.1. The number of para-hydroxylation sites is 1. The molecule has 0 spiro atoms. The minimum atomic E-state index is 0.969. The van der Waals surface area contributed by atoms with Gasteiger partial charge >= 0.3 is 0 Å². The van der Waals surface area contributed by atoms with Crippen LogP contribution in [-0.4, -0.2) is 0 Å². The Bertz CT molecular complexity index is 7030. The number of thiophene rings is 6. The van der Waals surface area contributed by atoms with Crippen molar-refractivity contribution in [3.63, 3.8) is 0 Å². The molecule has 24 rings (SSSR count). The SMILES string of the molecule is Cc1ccc2c(c1)sc1ccccc12.Cc1ccc2c(c1)sc1ccccc12.Cc1ccc2sc3ccccc3c2c1.Cc1cccc2c1sc1ccccc12.Cc1cccc2c1sc1ccccc12.Cc1cccc2oc3ccccc3c12.Cc1cccc2sc3ccccc3c12.Cc1ccccc1.Cc1ccccc1.Cc1ccccc1. The smallest absolute Gasteiger partial charge is 0.135 e. The van der Waals surface area contributed by atoms with Crippen LogP contribution in [0.15, 0.2) is 393 Å². The maximum absolute atomic E-state index is 5.73. The Kier molecular flexibility index (Phi) is 26.8. The summed E-state index contributed by atoms with van der Waals surface area (Å²) in [7, 11) is 0. The van der Waals surface area contributed by atoms with Gasteiger partial charge in [-0.05, 0) is 181 Å². The van der Waals surface area contributed by atoms with Crippen molar-refractivity contribution in [2.75, 3.05) is 0 Å². The van der Waals surface area contributed by atoms with Gasteiger partial charge in [0.25, 0.3) is 0 Å². The first-order valence-electron chi connectivity index (χ1n) is 40.3. The molecule has 0 atom stereocenters. The van der Waals surface area contributed by atoms with E-state index in [2.05, 4.69) is 373 Å². The average molecular weight is 1650 g/mol. The van der Waals surface area contributed by atoms with Gasteiger partial charge in [0.05, 0.1) is 0 Å². The Balaban J connectivity index is 0.000000104. The summed E-state index contributed by atoms with van der Waals surface area (Å²) in [4.78, 5) is 0. The molecule has 0 radical (unpaired) electrons. The summed E-state index contributed by atoms with van der Waals surface area (Å²) < 4.78 is 22.5. The van der Waals surface area contributed by atoms with Gasteiger partial charge in [-0.15, -0.1) is 68.0 Å². The molecule has 7 aromatic heterocycles. The Hall–Kier alpha value is -12.1. The van der Waals surface area contributed by atoms with Crippen LogP contribution < -0.4 is 0 Å². The first-order valence-corrected chi connectivity index (χ1v) is 45.2. The minimum Gasteiger partial charge on any atom is -0.456 e. The molecule has 0 aliphatic rings. The number of fused-ring (bicyclic) bond motifs is 21. The van der Waals surface area contributed by atoms with E-state index in [1.165, 1.54) is 187 Å². The summed E-state index contributed by atoms with van der Waals surface area (Å²) in [5.41, 5.74) is 15.3. The standard InChI is InChI=1S/C13H10O.6C13H10S.3C7H8/c1-9-5-4-8-12-13(9)10-6-2-3-7-11(10)14-12;2*1-9-5-4-7-11-10-6-2-3-8-12(10)14-13(9)11;1-9-5-4-8-12-13(9)10-6-2-3-7-11(10)14-12;1-9-6-7-13-11(8-9)10-4-2-3-5-12(10)14-13;2*1-9-6-7-11-10-4-2-3-5-12(10)14-13(11)8-9;3*1-7-5-3-2-4-6-7/h7*2-8H,1H3;3*2-6H,1H3. The fourth-order valence-corrected chi connectivity index (χ4v) is 21.8. The highest BCUT2D eigenvalue weighted by Gasteiger charge is 2.12. The number of rotatable bonds is 0. The highest BCUT2D eigenvalue weighted by atomic mass is 32.1. The zero-order valence-corrected chi connectivity index (χ0v) is 73.7. The second-order valence-electron chi connectivity index (χ2n) is 29.9. The lowest BCUT2D eigenvalue weighted by Crippen LogP contribution is -1.72. The lowest BCUT2D eigenvalue weighted by molar-refractivity contribution is 0.669. The lowest BCUT2D eigenvalue weighted by Gasteiger charge is -1.95. The summed E-state index contributed by atoms with van der Waals surface area (Å²) >= 11 is 11.3. The van der Waals surface area contributed by atoms with Crippen molar-refractivity contribution in [3.05, 3.63) is 444 Å². The van der Waals surface area contributed by atoms with Crippen molar-refractivity contribution in [1.29, 1.82) is 0 Å². The summed E-state index contributed by atoms with van der Waals surface area (Å²) in [5.74, 6) is 0. The number of hydrogen-bond donors (Lipinski definition) is 0. The molecular formula is C112H94OS6. The van der Waals surface area contributed by atoms with Gasteiger partial charge < -0.3 is 4.42 Å². The highest BCUT2D eigenvalue weighted by molar-refractivity contribution is 7.28. The number of furan rings is 1. The molecule has 0 fully saturated rings. The van der Waals surface area contributed by atoms with Crippen molar-refractivity contribution in [1.82, 2.24) is 0 Å². The van der Waals surface area contributed by atoms with Crippen molar-refractivity contribution in [3.8, 4) is 0 Å². The van der Waals surface area contributed by atoms with Crippen LogP contribution in [0.4, 0.5) is 0 Å². The van der Waals surface area contributed by atoms with Crippen LogP contribution in [0, 0.1) is 69.2 Å². The number of hydrogen-bond acceptors (Lipinski definition) is 7. The lowest BCUT2D eigenvalue weighted by atomic mass is 10.1. The maximum atomic E-state index is 5.73. The van der Waals surface area contributed by atoms with E-state index < -0.39 is 0 Å². The van der Waals surface area contributed by atoms with E-state index in [9.17, 15) is 0 Å². The number of aryl methyl sites for hydroxylation is 10. The van der Waals surface area contributed by atoms with Crippen LogP contribution in [0.2, 0.25) is 0 Å². The Labute approximate surface area is 722 Å². The van der Waals surface area contributed by atoms with Gasteiger partial charge in [-0.25, -0.2) is 0 Å².